The summed E-state index contributed by atoms with van der Waals surface area (Å²) in [5.74, 6) is 0.0448. The molecule has 1 aromatic rings. The Kier molecular flexibility index (Phi) is 5.04. The van der Waals surface area contributed by atoms with Crippen LogP contribution in [0, 0.1) is 0 Å². The van der Waals surface area contributed by atoms with E-state index in [2.05, 4.69) is 0 Å². The first-order valence-electron chi connectivity index (χ1n) is 7.97. The van der Waals surface area contributed by atoms with Gasteiger partial charge in [-0.2, -0.15) is 0 Å². The van der Waals surface area contributed by atoms with Crippen molar-refractivity contribution >= 4 is 15.9 Å². The molecule has 1 unspecified atom stereocenters. The highest BCUT2D eigenvalue weighted by atomic mass is 32.2. The number of benzene rings is 1. The third-order valence-electron chi connectivity index (χ3n) is 3.87. The van der Waals surface area contributed by atoms with E-state index in [1.54, 1.807) is 30.0 Å². The van der Waals surface area contributed by atoms with Crippen molar-refractivity contribution in [3.05, 3.63) is 29.8 Å². The van der Waals surface area contributed by atoms with Gasteiger partial charge in [0.15, 0.2) is 9.84 Å². The Morgan fingerprint density at radius 1 is 1.30 bits per heavy atom. The topological polar surface area (TPSA) is 63.7 Å². The van der Waals surface area contributed by atoms with Crippen molar-refractivity contribution < 1.29 is 17.9 Å². The Morgan fingerprint density at radius 3 is 2.57 bits per heavy atom. The molecular weight excluding hydrogens is 314 g/mol. The van der Waals surface area contributed by atoms with Gasteiger partial charge in [0.05, 0.1) is 16.7 Å². The molecule has 0 aliphatic carbocycles. The van der Waals surface area contributed by atoms with E-state index < -0.39 is 15.4 Å². The molecule has 0 radical (unpaired) electrons. The molecule has 5 nitrogen and oxygen atoms in total. The van der Waals surface area contributed by atoms with Crippen LogP contribution in [0.25, 0.3) is 0 Å². The Labute approximate surface area is 138 Å². The number of carbonyl (C=O) groups is 1. The summed E-state index contributed by atoms with van der Waals surface area (Å²) in [6.45, 7) is 7.69. The second-order valence-corrected chi connectivity index (χ2v) is 9.02. The fraction of sp³-hybridized carbons (Fsp3) is 0.588. The SMILES string of the molecule is CCS(=O)(=O)c1ccccc1C1CCCN1C(=O)OC(C)(C)C. The fourth-order valence-corrected chi connectivity index (χ4v) is 3.98. The number of amides is 1. The van der Waals surface area contributed by atoms with Crippen LogP contribution in [0.5, 0.6) is 0 Å². The van der Waals surface area contributed by atoms with Gasteiger partial charge in [0.25, 0.3) is 0 Å². The standard InChI is InChI=1S/C17H25NO4S/c1-5-23(20,21)15-11-7-6-9-13(15)14-10-8-12-18(14)16(19)22-17(2,3)4/h6-7,9,11,14H,5,8,10,12H2,1-4H3. The molecule has 0 bridgehead atoms. The smallest absolute Gasteiger partial charge is 0.410 e. The number of rotatable bonds is 3. The molecule has 0 spiro atoms. The van der Waals surface area contributed by atoms with Crippen molar-refractivity contribution in [2.24, 2.45) is 0 Å². The Bertz CT molecular complexity index is 676. The Hall–Kier alpha value is -1.56. The second kappa shape index (κ2) is 6.51. The fourth-order valence-electron chi connectivity index (χ4n) is 2.82. The zero-order chi connectivity index (χ0) is 17.3. The van der Waals surface area contributed by atoms with Crippen molar-refractivity contribution in [1.82, 2.24) is 4.90 Å². The van der Waals surface area contributed by atoms with Gasteiger partial charge in [-0.1, -0.05) is 25.1 Å². The van der Waals surface area contributed by atoms with Gasteiger partial charge in [0, 0.05) is 6.54 Å². The van der Waals surface area contributed by atoms with Crippen LogP contribution in [0.4, 0.5) is 4.79 Å². The summed E-state index contributed by atoms with van der Waals surface area (Å²) in [5, 5.41) is 0. The van der Waals surface area contributed by atoms with Crippen LogP contribution in [0.15, 0.2) is 29.2 Å². The molecular formula is C17H25NO4S. The number of carbonyl (C=O) groups excluding carboxylic acids is 1. The molecule has 1 atom stereocenters. The van der Waals surface area contributed by atoms with E-state index in [0.717, 1.165) is 12.8 Å². The van der Waals surface area contributed by atoms with Crippen LogP contribution in [-0.2, 0) is 14.6 Å². The van der Waals surface area contributed by atoms with Crippen LogP contribution in [0.2, 0.25) is 0 Å². The molecule has 23 heavy (non-hydrogen) atoms. The van der Waals surface area contributed by atoms with Gasteiger partial charge in [-0.3, -0.25) is 0 Å². The molecule has 1 heterocycles. The molecule has 6 heteroatoms. The molecule has 0 aromatic heterocycles. The minimum atomic E-state index is -3.33. The quantitative estimate of drug-likeness (QED) is 0.845. The minimum Gasteiger partial charge on any atom is -0.444 e. The molecule has 1 saturated heterocycles. The van der Waals surface area contributed by atoms with Crippen LogP contribution in [0.1, 0.15) is 52.1 Å². The number of likely N-dealkylation sites (tertiary alicyclic amines) is 1. The molecule has 1 aliphatic rings. The van der Waals surface area contributed by atoms with Gasteiger partial charge in [-0.15, -0.1) is 0 Å². The predicted molar refractivity (Wildman–Crippen MR) is 89.1 cm³/mol. The lowest BCUT2D eigenvalue weighted by Gasteiger charge is -2.29. The number of hydrogen-bond acceptors (Lipinski definition) is 4. The molecule has 2 rings (SSSR count). The molecule has 1 aliphatic heterocycles. The van der Waals surface area contributed by atoms with Gasteiger partial charge in [-0.05, 0) is 45.2 Å². The van der Waals surface area contributed by atoms with E-state index in [9.17, 15) is 13.2 Å². The summed E-state index contributed by atoms with van der Waals surface area (Å²) in [6, 6.07) is 6.71. The molecule has 1 amide bonds. The lowest BCUT2D eigenvalue weighted by Crippen LogP contribution is -2.36. The molecule has 128 valence electrons. The van der Waals surface area contributed by atoms with Gasteiger partial charge in [-0.25, -0.2) is 13.2 Å². The summed E-state index contributed by atoms with van der Waals surface area (Å²) in [6.07, 6.45) is 1.20. The third-order valence-corrected chi connectivity index (χ3v) is 5.68. The maximum Gasteiger partial charge on any atom is 0.410 e. The zero-order valence-electron chi connectivity index (χ0n) is 14.2. The lowest BCUT2D eigenvalue weighted by molar-refractivity contribution is 0.0222. The summed E-state index contributed by atoms with van der Waals surface area (Å²) in [7, 11) is -3.33. The van der Waals surface area contributed by atoms with Crippen LogP contribution < -0.4 is 0 Å². The van der Waals surface area contributed by atoms with E-state index >= 15 is 0 Å². The average Bonchev–Trinajstić information content (AvgIpc) is 2.95. The summed E-state index contributed by atoms with van der Waals surface area (Å²) < 4.78 is 30.2. The second-order valence-electron chi connectivity index (χ2n) is 6.77. The van der Waals surface area contributed by atoms with Crippen LogP contribution >= 0.6 is 0 Å². The van der Waals surface area contributed by atoms with E-state index in [1.165, 1.54) is 0 Å². The first-order valence-corrected chi connectivity index (χ1v) is 9.62. The summed E-state index contributed by atoms with van der Waals surface area (Å²) in [4.78, 5) is 14.4. The van der Waals surface area contributed by atoms with Gasteiger partial charge < -0.3 is 9.64 Å². The van der Waals surface area contributed by atoms with Crippen molar-refractivity contribution in [3.63, 3.8) is 0 Å². The van der Waals surface area contributed by atoms with E-state index in [4.69, 9.17) is 4.74 Å². The maximum absolute atomic E-state index is 12.4. The maximum atomic E-state index is 12.4. The van der Waals surface area contributed by atoms with Gasteiger partial charge in [0.2, 0.25) is 0 Å². The van der Waals surface area contributed by atoms with Crippen molar-refractivity contribution in [2.75, 3.05) is 12.3 Å². The summed E-state index contributed by atoms with van der Waals surface area (Å²) in [5.41, 5.74) is 0.122. The lowest BCUT2D eigenvalue weighted by atomic mass is 10.0. The number of nitrogens with zero attached hydrogens (tertiary/aromatic N) is 1. The largest absolute Gasteiger partial charge is 0.444 e. The minimum absolute atomic E-state index is 0.0448. The first kappa shape index (κ1) is 17.8. The monoisotopic (exact) mass is 339 g/mol. The average molecular weight is 339 g/mol. The highest BCUT2D eigenvalue weighted by molar-refractivity contribution is 7.91. The zero-order valence-corrected chi connectivity index (χ0v) is 15.0. The molecule has 0 saturated carbocycles. The normalized spacial score (nSPS) is 19.0. The summed E-state index contributed by atoms with van der Waals surface area (Å²) >= 11 is 0. The Morgan fingerprint density at radius 2 is 1.96 bits per heavy atom. The third kappa shape index (κ3) is 4.05. The molecule has 0 N–H and O–H groups in total. The highest BCUT2D eigenvalue weighted by Crippen LogP contribution is 2.36. The van der Waals surface area contributed by atoms with Crippen molar-refractivity contribution in [1.29, 1.82) is 0 Å². The molecule has 1 fully saturated rings. The molecule has 1 aromatic carbocycles. The number of ether oxygens (including phenoxy) is 1. The number of hydrogen-bond donors (Lipinski definition) is 0. The first-order chi connectivity index (χ1) is 10.7. The van der Waals surface area contributed by atoms with E-state index in [-0.39, 0.29) is 17.9 Å². The van der Waals surface area contributed by atoms with E-state index in [1.807, 2.05) is 26.8 Å². The van der Waals surface area contributed by atoms with Crippen molar-refractivity contribution in [3.8, 4) is 0 Å². The van der Waals surface area contributed by atoms with Gasteiger partial charge >= 0.3 is 6.09 Å². The predicted octanol–water partition coefficient (Wildman–Crippen LogP) is 3.55. The van der Waals surface area contributed by atoms with Crippen LogP contribution in [0.3, 0.4) is 0 Å². The van der Waals surface area contributed by atoms with Crippen molar-refractivity contribution in [2.45, 2.75) is 57.1 Å². The highest BCUT2D eigenvalue weighted by Gasteiger charge is 2.35. The Balaban J connectivity index is 2.36. The van der Waals surface area contributed by atoms with Crippen LogP contribution in [-0.4, -0.2) is 37.3 Å². The number of sulfone groups is 1. The van der Waals surface area contributed by atoms with Gasteiger partial charge in [0.1, 0.15) is 5.60 Å². The van der Waals surface area contributed by atoms with E-state index in [0.29, 0.717) is 17.0 Å².